The Hall–Kier alpha value is -4.32. The van der Waals surface area contributed by atoms with Crippen LogP contribution in [-0.2, 0) is 22.6 Å². The molecule has 0 bridgehead atoms. The van der Waals surface area contributed by atoms with Gasteiger partial charge in [-0.15, -0.1) is 0 Å². The molecule has 0 aliphatic heterocycles. The molecule has 12 heteroatoms. The Balaban J connectivity index is 1.23. The Morgan fingerprint density at radius 2 is 1.84 bits per heavy atom. The van der Waals surface area contributed by atoms with E-state index < -0.39 is 22.1 Å². The van der Waals surface area contributed by atoms with E-state index in [1.54, 1.807) is 12.1 Å². The van der Waals surface area contributed by atoms with E-state index in [4.69, 9.17) is 0 Å². The number of anilines is 1. The monoisotopic (exact) mass is 541 g/mol. The molecule has 3 aromatic heterocycles. The third-order valence-corrected chi connectivity index (χ3v) is 7.60. The van der Waals surface area contributed by atoms with Gasteiger partial charge in [-0.05, 0) is 65.6 Å². The van der Waals surface area contributed by atoms with Crippen LogP contribution in [0.5, 0.6) is 0 Å². The zero-order valence-electron chi connectivity index (χ0n) is 20.1. The van der Waals surface area contributed by atoms with Gasteiger partial charge in [-0.1, -0.05) is 23.4 Å². The molecule has 0 amide bonds. The number of hydrogen-bond donors (Lipinski definition) is 1. The lowest BCUT2D eigenvalue weighted by molar-refractivity contribution is -0.159. The highest BCUT2D eigenvalue weighted by molar-refractivity contribution is 7.90. The van der Waals surface area contributed by atoms with Gasteiger partial charge in [0.1, 0.15) is 0 Å². The van der Waals surface area contributed by atoms with Gasteiger partial charge < -0.3 is 14.4 Å². The quantitative estimate of drug-likeness (QED) is 0.280. The molecule has 196 valence electrons. The van der Waals surface area contributed by atoms with Crippen molar-refractivity contribution in [2.75, 3.05) is 18.5 Å². The summed E-state index contributed by atoms with van der Waals surface area (Å²) >= 11 is 0. The first-order chi connectivity index (χ1) is 18.1. The summed E-state index contributed by atoms with van der Waals surface area (Å²) in [5, 5.41) is 4.40. The van der Waals surface area contributed by atoms with Crippen molar-refractivity contribution in [1.29, 1.82) is 0 Å². The van der Waals surface area contributed by atoms with E-state index in [1.807, 2.05) is 30.1 Å². The number of para-hydroxylation sites is 1. The Kier molecular flexibility index (Phi) is 6.57. The first kappa shape index (κ1) is 25.3. The molecule has 0 radical (unpaired) electrons. The summed E-state index contributed by atoms with van der Waals surface area (Å²) in [5.41, 5.74) is 3.51. The number of rotatable bonds is 8. The molecule has 0 saturated heterocycles. The second kappa shape index (κ2) is 9.86. The Bertz CT molecular complexity index is 1670. The molecule has 8 nitrogen and oxygen atoms in total. The zero-order chi connectivity index (χ0) is 26.9. The van der Waals surface area contributed by atoms with Gasteiger partial charge in [0.05, 0.1) is 4.90 Å². The van der Waals surface area contributed by atoms with Gasteiger partial charge in [-0.25, -0.2) is 12.4 Å². The molecule has 0 saturated carbocycles. The van der Waals surface area contributed by atoms with Crippen LogP contribution in [0.25, 0.3) is 23.1 Å². The number of H-pyrrole nitrogens is 1. The van der Waals surface area contributed by atoms with Crippen molar-refractivity contribution in [1.82, 2.24) is 19.1 Å². The molecule has 2 aromatic carbocycles. The van der Waals surface area contributed by atoms with Gasteiger partial charge in [-0.2, -0.15) is 18.2 Å². The number of fused-ring (bicyclic) bond motifs is 1. The SMILES string of the molecule is CN(CCc1cc2ccccc2[nH]1)c1ccc(S(=O)(=O)n2ccc(C=Cc3noc(C(F)(F)F)n3)c2)cc1. The van der Waals surface area contributed by atoms with Crippen molar-refractivity contribution in [2.45, 2.75) is 17.5 Å². The van der Waals surface area contributed by atoms with Gasteiger partial charge >= 0.3 is 12.1 Å². The third-order valence-electron chi connectivity index (χ3n) is 5.95. The number of likely N-dealkylation sites (N-methyl/N-ethyl adjacent to an activating group) is 1. The molecular formula is C26H22F3N5O3S. The number of alkyl halides is 3. The predicted octanol–water partition coefficient (Wildman–Crippen LogP) is 5.46. The van der Waals surface area contributed by atoms with Crippen molar-refractivity contribution in [3.05, 3.63) is 96.0 Å². The van der Waals surface area contributed by atoms with Crippen LogP contribution in [0.15, 0.2) is 82.5 Å². The second-order valence-corrected chi connectivity index (χ2v) is 10.5. The molecule has 5 aromatic rings. The van der Waals surface area contributed by atoms with Crippen molar-refractivity contribution >= 4 is 38.8 Å². The minimum Gasteiger partial charge on any atom is -0.374 e. The molecule has 1 N–H and O–H groups in total. The number of nitrogens with one attached hydrogen (secondary N) is 1. The normalized spacial score (nSPS) is 12.5. The predicted molar refractivity (Wildman–Crippen MR) is 137 cm³/mol. The second-order valence-electron chi connectivity index (χ2n) is 8.62. The summed E-state index contributed by atoms with van der Waals surface area (Å²) in [7, 11) is -1.93. The lowest BCUT2D eigenvalue weighted by atomic mass is 10.2. The average molecular weight is 542 g/mol. The summed E-state index contributed by atoms with van der Waals surface area (Å²) in [6.45, 7) is 0.733. The summed E-state index contributed by atoms with van der Waals surface area (Å²) < 4.78 is 69.1. The number of hydrogen-bond acceptors (Lipinski definition) is 6. The maximum absolute atomic E-state index is 13.1. The summed E-state index contributed by atoms with van der Waals surface area (Å²) in [4.78, 5) is 8.79. The summed E-state index contributed by atoms with van der Waals surface area (Å²) in [6.07, 6.45) is 1.35. The van der Waals surface area contributed by atoms with Crippen LogP contribution in [0.1, 0.15) is 23.0 Å². The van der Waals surface area contributed by atoms with Crippen LogP contribution in [0, 0.1) is 0 Å². The lowest BCUT2D eigenvalue weighted by Gasteiger charge is -2.19. The summed E-state index contributed by atoms with van der Waals surface area (Å²) in [6, 6.07) is 18.3. The highest BCUT2D eigenvalue weighted by atomic mass is 32.2. The molecule has 5 rings (SSSR count). The third kappa shape index (κ3) is 5.35. The Labute approximate surface area is 216 Å². The average Bonchev–Trinajstić information content (AvgIpc) is 3.65. The van der Waals surface area contributed by atoms with Gasteiger partial charge in [0, 0.05) is 49.3 Å². The molecule has 38 heavy (non-hydrogen) atoms. The first-order valence-electron chi connectivity index (χ1n) is 11.5. The van der Waals surface area contributed by atoms with Crippen molar-refractivity contribution in [3.63, 3.8) is 0 Å². The Morgan fingerprint density at radius 1 is 1.08 bits per heavy atom. The largest absolute Gasteiger partial charge is 0.471 e. The molecule has 3 heterocycles. The number of aromatic amines is 1. The topological polar surface area (TPSA) is 97.0 Å². The molecule has 0 atom stereocenters. The van der Waals surface area contributed by atoms with Gasteiger partial charge in [0.15, 0.2) is 5.82 Å². The van der Waals surface area contributed by atoms with Gasteiger partial charge in [0.2, 0.25) is 0 Å². The zero-order valence-corrected chi connectivity index (χ0v) is 20.9. The van der Waals surface area contributed by atoms with Crippen LogP contribution < -0.4 is 4.90 Å². The fourth-order valence-corrected chi connectivity index (χ4v) is 5.11. The fourth-order valence-electron chi connectivity index (χ4n) is 3.91. The van der Waals surface area contributed by atoms with Crippen molar-refractivity contribution in [2.24, 2.45) is 0 Å². The van der Waals surface area contributed by atoms with E-state index in [0.717, 1.165) is 39.2 Å². The van der Waals surface area contributed by atoms with E-state index in [0.29, 0.717) is 5.56 Å². The molecule has 0 aliphatic rings. The van der Waals surface area contributed by atoms with E-state index in [-0.39, 0.29) is 10.7 Å². The van der Waals surface area contributed by atoms with E-state index in [1.165, 1.54) is 42.7 Å². The smallest absolute Gasteiger partial charge is 0.374 e. The van der Waals surface area contributed by atoms with E-state index >= 15 is 0 Å². The number of halogens is 3. The molecule has 0 unspecified atom stereocenters. The number of benzene rings is 2. The Morgan fingerprint density at radius 3 is 2.55 bits per heavy atom. The van der Waals surface area contributed by atoms with Crippen LogP contribution >= 0.6 is 0 Å². The highest BCUT2D eigenvalue weighted by Crippen LogP contribution is 2.27. The van der Waals surface area contributed by atoms with Crippen LogP contribution in [0.3, 0.4) is 0 Å². The number of aromatic nitrogens is 4. The first-order valence-corrected chi connectivity index (χ1v) is 12.9. The van der Waals surface area contributed by atoms with Gasteiger partial charge in [-0.3, -0.25) is 0 Å². The van der Waals surface area contributed by atoms with Gasteiger partial charge in [0.25, 0.3) is 10.0 Å². The maximum atomic E-state index is 13.1. The van der Waals surface area contributed by atoms with Crippen molar-refractivity contribution < 1.29 is 26.1 Å². The standard InChI is InChI=1S/C26H22F3N5O3S/c1-33(14-13-20-16-19-4-2-3-5-23(19)30-20)21-7-9-22(10-8-21)38(35,36)34-15-12-18(17-34)6-11-24-31-25(37-32-24)26(27,28)29/h2-12,15-17,30H,13-14H2,1H3. The van der Waals surface area contributed by atoms with Crippen LogP contribution in [-0.4, -0.2) is 41.1 Å². The lowest BCUT2D eigenvalue weighted by Crippen LogP contribution is -2.20. The fraction of sp³-hybridized carbons (Fsp3) is 0.154. The maximum Gasteiger partial charge on any atom is 0.471 e. The van der Waals surface area contributed by atoms with Crippen LogP contribution in [0.4, 0.5) is 18.9 Å². The minimum absolute atomic E-state index is 0.101. The summed E-state index contributed by atoms with van der Waals surface area (Å²) in [5.74, 6) is -1.73. The van der Waals surface area contributed by atoms with Crippen molar-refractivity contribution in [3.8, 4) is 0 Å². The number of nitrogens with zero attached hydrogens (tertiary/aromatic N) is 4. The highest BCUT2D eigenvalue weighted by Gasteiger charge is 2.38. The molecular weight excluding hydrogens is 519 g/mol. The van der Waals surface area contributed by atoms with E-state index in [9.17, 15) is 21.6 Å². The van der Waals surface area contributed by atoms with Crippen LogP contribution in [0.2, 0.25) is 0 Å². The molecule has 0 spiro atoms. The molecule has 0 aliphatic carbocycles. The minimum atomic E-state index is -4.74. The van der Waals surface area contributed by atoms with E-state index in [2.05, 4.69) is 31.8 Å². The molecule has 0 fully saturated rings.